The molecule has 16 heavy (non-hydrogen) atoms. The van der Waals surface area contributed by atoms with E-state index in [1.807, 2.05) is 12.3 Å². The number of nitrogens with one attached hydrogen (secondary N) is 1. The van der Waals surface area contributed by atoms with Gasteiger partial charge in [-0.05, 0) is 37.6 Å². The molecule has 0 spiro atoms. The third-order valence-corrected chi connectivity index (χ3v) is 2.33. The van der Waals surface area contributed by atoms with Gasteiger partial charge in [-0.1, -0.05) is 6.07 Å². The summed E-state index contributed by atoms with van der Waals surface area (Å²) >= 11 is 0. The lowest BCUT2D eigenvalue weighted by Crippen LogP contribution is -2.24. The number of hydrogen-bond donors (Lipinski definition) is 2. The molecule has 0 saturated carbocycles. The number of hydrogen-bond acceptors (Lipinski definition) is 4. The number of rotatable bonds is 8. The average Bonchev–Trinajstić information content (AvgIpc) is 2.30. The summed E-state index contributed by atoms with van der Waals surface area (Å²) in [5, 5.41) is 12.7. The molecule has 1 unspecified atom stereocenters. The van der Waals surface area contributed by atoms with Crippen molar-refractivity contribution in [1.82, 2.24) is 10.3 Å². The molecular weight excluding hydrogens is 204 g/mol. The molecule has 0 aliphatic heterocycles. The molecule has 1 aromatic heterocycles. The molecule has 1 aromatic rings. The molecule has 0 fully saturated rings. The molecule has 0 amide bonds. The fourth-order valence-corrected chi connectivity index (χ4v) is 1.45. The van der Waals surface area contributed by atoms with Crippen LogP contribution < -0.4 is 5.32 Å². The second kappa shape index (κ2) is 8.21. The highest BCUT2D eigenvalue weighted by Crippen LogP contribution is 1.95. The van der Waals surface area contributed by atoms with Crippen molar-refractivity contribution >= 4 is 0 Å². The van der Waals surface area contributed by atoms with E-state index in [0.717, 1.165) is 25.9 Å². The summed E-state index contributed by atoms with van der Waals surface area (Å²) in [6.07, 6.45) is 4.98. The van der Waals surface area contributed by atoms with Crippen LogP contribution in [0.1, 0.15) is 12.0 Å². The van der Waals surface area contributed by atoms with Gasteiger partial charge in [-0.25, -0.2) is 0 Å². The van der Waals surface area contributed by atoms with Gasteiger partial charge in [0, 0.05) is 19.5 Å². The number of pyridine rings is 1. The van der Waals surface area contributed by atoms with Gasteiger partial charge in [0.15, 0.2) is 0 Å². The highest BCUT2D eigenvalue weighted by atomic mass is 16.5. The molecule has 0 saturated heterocycles. The lowest BCUT2D eigenvalue weighted by molar-refractivity contribution is 0.0595. The average molecular weight is 224 g/mol. The van der Waals surface area contributed by atoms with Crippen LogP contribution in [-0.2, 0) is 11.2 Å². The third-order valence-electron chi connectivity index (χ3n) is 2.33. The van der Waals surface area contributed by atoms with Gasteiger partial charge in [-0.15, -0.1) is 0 Å². The lowest BCUT2D eigenvalue weighted by Gasteiger charge is -2.09. The van der Waals surface area contributed by atoms with Crippen molar-refractivity contribution in [3.63, 3.8) is 0 Å². The quantitative estimate of drug-likeness (QED) is 0.635. The van der Waals surface area contributed by atoms with Crippen LogP contribution in [0, 0.1) is 0 Å². The molecule has 4 nitrogen and oxygen atoms in total. The van der Waals surface area contributed by atoms with E-state index < -0.39 is 0 Å². The number of nitrogens with zero attached hydrogens (tertiary/aromatic N) is 1. The van der Waals surface area contributed by atoms with Crippen molar-refractivity contribution in [1.29, 1.82) is 0 Å². The minimum atomic E-state index is -0.365. The van der Waals surface area contributed by atoms with Crippen molar-refractivity contribution in [2.75, 3.05) is 26.8 Å². The summed E-state index contributed by atoms with van der Waals surface area (Å²) in [7, 11) is 1.60. The summed E-state index contributed by atoms with van der Waals surface area (Å²) in [6, 6.07) is 4.01. The van der Waals surface area contributed by atoms with Gasteiger partial charge in [0.05, 0.1) is 12.7 Å². The maximum Gasteiger partial charge on any atom is 0.0785 e. The molecule has 0 bridgehead atoms. The van der Waals surface area contributed by atoms with Crippen LogP contribution in [0.4, 0.5) is 0 Å². The summed E-state index contributed by atoms with van der Waals surface area (Å²) in [5.74, 6) is 0. The van der Waals surface area contributed by atoms with E-state index >= 15 is 0 Å². The second-order valence-corrected chi connectivity index (χ2v) is 3.76. The Morgan fingerprint density at radius 2 is 2.38 bits per heavy atom. The van der Waals surface area contributed by atoms with Gasteiger partial charge in [0.2, 0.25) is 0 Å². The van der Waals surface area contributed by atoms with Gasteiger partial charge >= 0.3 is 0 Å². The van der Waals surface area contributed by atoms with Crippen LogP contribution in [0.15, 0.2) is 24.5 Å². The number of aromatic nitrogens is 1. The Labute approximate surface area is 96.7 Å². The fraction of sp³-hybridized carbons (Fsp3) is 0.583. The first-order valence-electron chi connectivity index (χ1n) is 5.59. The predicted molar refractivity (Wildman–Crippen MR) is 63.3 cm³/mol. The summed E-state index contributed by atoms with van der Waals surface area (Å²) in [6.45, 7) is 2.13. The Kier molecular flexibility index (Phi) is 6.72. The molecule has 1 rings (SSSR count). The predicted octanol–water partition coefficient (Wildman–Crippen LogP) is 0.611. The van der Waals surface area contributed by atoms with Gasteiger partial charge in [-0.2, -0.15) is 0 Å². The monoisotopic (exact) mass is 224 g/mol. The first-order valence-corrected chi connectivity index (χ1v) is 5.59. The standard InChI is InChI=1S/C12H20N2O2/c1-16-10-12(15)5-8-13-7-4-11-3-2-6-14-9-11/h2-3,6,9,12-13,15H,4-5,7-8,10H2,1H3. The smallest absolute Gasteiger partial charge is 0.0785 e. The summed E-state index contributed by atoms with van der Waals surface area (Å²) in [4.78, 5) is 4.05. The van der Waals surface area contributed by atoms with Crippen molar-refractivity contribution in [2.45, 2.75) is 18.9 Å². The highest BCUT2D eigenvalue weighted by Gasteiger charge is 2.01. The van der Waals surface area contributed by atoms with Gasteiger partial charge < -0.3 is 15.2 Å². The van der Waals surface area contributed by atoms with Crippen molar-refractivity contribution < 1.29 is 9.84 Å². The number of ether oxygens (including phenoxy) is 1. The topological polar surface area (TPSA) is 54.4 Å². The maximum atomic E-state index is 9.39. The van der Waals surface area contributed by atoms with Gasteiger partial charge in [-0.3, -0.25) is 4.98 Å². The molecular formula is C12H20N2O2. The maximum absolute atomic E-state index is 9.39. The van der Waals surface area contributed by atoms with Crippen molar-refractivity contribution in [3.05, 3.63) is 30.1 Å². The van der Waals surface area contributed by atoms with E-state index in [1.165, 1.54) is 5.56 Å². The first-order chi connectivity index (χ1) is 7.83. The van der Waals surface area contributed by atoms with Gasteiger partial charge in [0.25, 0.3) is 0 Å². The Hall–Kier alpha value is -0.970. The van der Waals surface area contributed by atoms with E-state index in [9.17, 15) is 5.11 Å². The number of methoxy groups -OCH3 is 1. The van der Waals surface area contributed by atoms with Crippen LogP contribution >= 0.6 is 0 Å². The molecule has 1 atom stereocenters. The fourth-order valence-electron chi connectivity index (χ4n) is 1.45. The molecule has 0 aromatic carbocycles. The SMILES string of the molecule is COCC(O)CCNCCc1cccnc1. The number of aliphatic hydroxyl groups is 1. The van der Waals surface area contributed by atoms with Crippen LogP contribution in [0.3, 0.4) is 0 Å². The third kappa shape index (κ3) is 5.80. The van der Waals surface area contributed by atoms with E-state index in [4.69, 9.17) is 4.74 Å². The zero-order chi connectivity index (χ0) is 11.6. The molecule has 0 aliphatic carbocycles. The first kappa shape index (κ1) is 13.1. The zero-order valence-corrected chi connectivity index (χ0v) is 9.72. The Morgan fingerprint density at radius 1 is 1.50 bits per heavy atom. The normalized spacial score (nSPS) is 12.6. The second-order valence-electron chi connectivity index (χ2n) is 3.76. The van der Waals surface area contributed by atoms with E-state index in [2.05, 4.69) is 16.4 Å². The largest absolute Gasteiger partial charge is 0.391 e. The van der Waals surface area contributed by atoms with Crippen LogP contribution in [0.5, 0.6) is 0 Å². The van der Waals surface area contributed by atoms with Crippen LogP contribution in [-0.4, -0.2) is 43.0 Å². The molecule has 2 N–H and O–H groups in total. The molecule has 1 heterocycles. The van der Waals surface area contributed by atoms with Crippen molar-refractivity contribution in [2.24, 2.45) is 0 Å². The Morgan fingerprint density at radius 3 is 3.06 bits per heavy atom. The van der Waals surface area contributed by atoms with Gasteiger partial charge in [0.1, 0.15) is 0 Å². The Bertz CT molecular complexity index is 267. The highest BCUT2D eigenvalue weighted by molar-refractivity contribution is 5.08. The molecule has 0 aliphatic rings. The van der Waals surface area contributed by atoms with Crippen LogP contribution in [0.25, 0.3) is 0 Å². The minimum Gasteiger partial charge on any atom is -0.391 e. The molecule has 0 radical (unpaired) electrons. The summed E-state index contributed by atoms with van der Waals surface area (Å²) < 4.78 is 4.84. The van der Waals surface area contributed by atoms with Crippen molar-refractivity contribution in [3.8, 4) is 0 Å². The summed E-state index contributed by atoms with van der Waals surface area (Å²) in [5.41, 5.74) is 1.23. The van der Waals surface area contributed by atoms with E-state index in [-0.39, 0.29) is 6.10 Å². The van der Waals surface area contributed by atoms with E-state index in [1.54, 1.807) is 13.3 Å². The van der Waals surface area contributed by atoms with Crippen LogP contribution in [0.2, 0.25) is 0 Å². The lowest BCUT2D eigenvalue weighted by atomic mass is 10.2. The number of aliphatic hydroxyl groups excluding tert-OH is 1. The van der Waals surface area contributed by atoms with E-state index in [0.29, 0.717) is 6.61 Å². The minimum absolute atomic E-state index is 0.365. The molecule has 90 valence electrons. The zero-order valence-electron chi connectivity index (χ0n) is 9.72. The molecule has 4 heteroatoms. The Balaban J connectivity index is 2.00.